The third-order valence-corrected chi connectivity index (χ3v) is 2.29. The fourth-order valence-electron chi connectivity index (χ4n) is 1.30. The topological polar surface area (TPSA) is 98.5 Å². The van der Waals surface area contributed by atoms with Crippen LogP contribution in [0, 0.1) is 0 Å². The average molecular weight is 183 g/mol. The lowest BCUT2D eigenvalue weighted by Gasteiger charge is -2.24. The summed E-state index contributed by atoms with van der Waals surface area (Å²) in [5, 5.41) is 21.7. The summed E-state index contributed by atoms with van der Waals surface area (Å²) in [6.45, 7) is 1.13. The molecule has 0 amide bonds. The zero-order chi connectivity index (χ0) is 10.1. The monoisotopic (exact) mass is 183 g/mol. The van der Waals surface area contributed by atoms with E-state index < -0.39 is 23.8 Å². The van der Waals surface area contributed by atoms with Crippen LogP contribution >= 0.6 is 0 Å². The van der Waals surface area contributed by atoms with Gasteiger partial charge in [-0.05, 0) is 12.5 Å². The summed E-state index contributed by atoms with van der Waals surface area (Å²) in [4.78, 5) is 2.58. The predicted octanol–water partition coefficient (Wildman–Crippen LogP) is -0.698. The summed E-state index contributed by atoms with van der Waals surface area (Å²) in [7, 11) is 5.50. The van der Waals surface area contributed by atoms with Crippen molar-refractivity contribution in [2.75, 3.05) is 6.61 Å². The molecule has 1 fully saturated rings. The molecule has 0 saturated carbocycles. The molecule has 2 N–H and O–H groups in total. The largest absolute Gasteiger partial charge is 0.394 e. The van der Waals surface area contributed by atoms with Crippen molar-refractivity contribution in [3.8, 4) is 0 Å². The van der Waals surface area contributed by atoms with E-state index in [9.17, 15) is 5.11 Å². The number of ether oxygens (including phenoxy) is 1. The van der Waals surface area contributed by atoms with Crippen molar-refractivity contribution < 1.29 is 14.9 Å². The highest BCUT2D eigenvalue weighted by molar-refractivity contribution is 6.12. The van der Waals surface area contributed by atoms with Crippen LogP contribution in [0.4, 0.5) is 0 Å². The number of aliphatic hydroxyl groups is 2. The van der Waals surface area contributed by atoms with Crippen LogP contribution in [0.25, 0.3) is 10.4 Å². The normalized spacial score (nSPS) is 44.4. The van der Waals surface area contributed by atoms with E-state index in [0.29, 0.717) is 0 Å². The zero-order valence-electron chi connectivity index (χ0n) is 7.16. The maximum Gasteiger partial charge on any atom is 0.110 e. The Morgan fingerprint density at radius 3 is 2.77 bits per heavy atom. The van der Waals surface area contributed by atoms with Crippen molar-refractivity contribution in [3.63, 3.8) is 0 Å². The van der Waals surface area contributed by atoms with Gasteiger partial charge >= 0.3 is 0 Å². The summed E-state index contributed by atoms with van der Waals surface area (Å²) in [6.07, 6.45) is -1.87. The number of aliphatic hydroxyl groups excluding tert-OH is 2. The molecule has 0 spiro atoms. The fraction of sp³-hybridized carbons (Fsp3) is 1.00. The molecule has 4 unspecified atom stereocenters. The van der Waals surface area contributed by atoms with Crippen molar-refractivity contribution in [2.24, 2.45) is 5.11 Å². The molecule has 7 heteroatoms. The molecule has 13 heavy (non-hydrogen) atoms. The smallest absolute Gasteiger partial charge is 0.110 e. The number of rotatable bonds is 2. The van der Waals surface area contributed by atoms with Crippen LogP contribution in [-0.2, 0) is 4.74 Å². The van der Waals surface area contributed by atoms with E-state index in [4.69, 9.17) is 23.2 Å². The molecule has 0 aromatic rings. The molecule has 2 radical (unpaired) electrons. The predicted molar refractivity (Wildman–Crippen MR) is 45.1 cm³/mol. The Morgan fingerprint density at radius 2 is 2.38 bits per heavy atom. The quantitative estimate of drug-likeness (QED) is 0.256. The SMILES string of the molecule is [B]C1OC(CO)C(O)C1(C)N=[N+]=[N-]. The van der Waals surface area contributed by atoms with Gasteiger partial charge in [-0.2, -0.15) is 0 Å². The van der Waals surface area contributed by atoms with Gasteiger partial charge in [-0.1, -0.05) is 5.11 Å². The Morgan fingerprint density at radius 1 is 1.77 bits per heavy atom. The van der Waals surface area contributed by atoms with E-state index in [1.54, 1.807) is 0 Å². The lowest BCUT2D eigenvalue weighted by molar-refractivity contribution is -0.00538. The summed E-state index contributed by atoms with van der Waals surface area (Å²) >= 11 is 0. The molecule has 0 aromatic heterocycles. The van der Waals surface area contributed by atoms with Gasteiger partial charge < -0.3 is 14.9 Å². The third kappa shape index (κ3) is 1.51. The molecule has 70 valence electrons. The number of hydrogen-bond acceptors (Lipinski definition) is 4. The van der Waals surface area contributed by atoms with E-state index in [0.717, 1.165) is 0 Å². The second-order valence-corrected chi connectivity index (χ2v) is 3.14. The first-order valence-electron chi connectivity index (χ1n) is 3.82. The highest BCUT2D eigenvalue weighted by atomic mass is 16.5. The van der Waals surface area contributed by atoms with Crippen LogP contribution < -0.4 is 0 Å². The zero-order valence-corrected chi connectivity index (χ0v) is 7.16. The molecule has 0 bridgehead atoms. The first-order chi connectivity index (χ1) is 6.06. The molecule has 1 saturated heterocycles. The van der Waals surface area contributed by atoms with Crippen LogP contribution in [0.5, 0.6) is 0 Å². The van der Waals surface area contributed by atoms with Crippen LogP contribution in [0.1, 0.15) is 6.92 Å². The van der Waals surface area contributed by atoms with E-state index in [2.05, 4.69) is 10.0 Å². The minimum Gasteiger partial charge on any atom is -0.394 e. The third-order valence-electron chi connectivity index (χ3n) is 2.29. The number of hydrogen-bond donors (Lipinski definition) is 2. The van der Waals surface area contributed by atoms with Gasteiger partial charge in [0.1, 0.15) is 14.0 Å². The fourth-order valence-corrected chi connectivity index (χ4v) is 1.30. The lowest BCUT2D eigenvalue weighted by atomic mass is 9.79. The van der Waals surface area contributed by atoms with Gasteiger partial charge in [-0.15, -0.1) is 0 Å². The highest BCUT2D eigenvalue weighted by Gasteiger charge is 2.49. The molecule has 1 aliphatic rings. The molecule has 1 heterocycles. The molecule has 0 aliphatic carbocycles. The van der Waals surface area contributed by atoms with Gasteiger partial charge in [0.25, 0.3) is 0 Å². The first-order valence-corrected chi connectivity index (χ1v) is 3.82. The molecule has 4 atom stereocenters. The van der Waals surface area contributed by atoms with Crippen molar-refractivity contribution in [1.82, 2.24) is 0 Å². The van der Waals surface area contributed by atoms with E-state index >= 15 is 0 Å². The summed E-state index contributed by atoms with van der Waals surface area (Å²) in [5.41, 5.74) is 7.05. The first kappa shape index (κ1) is 10.3. The Hall–Kier alpha value is -0.745. The van der Waals surface area contributed by atoms with Gasteiger partial charge in [-0.3, -0.25) is 0 Å². The van der Waals surface area contributed by atoms with E-state index in [-0.39, 0.29) is 6.61 Å². The van der Waals surface area contributed by atoms with Crippen LogP contribution in [0.3, 0.4) is 0 Å². The van der Waals surface area contributed by atoms with Crippen molar-refractivity contribution >= 4 is 7.85 Å². The van der Waals surface area contributed by atoms with Crippen LogP contribution in [0.2, 0.25) is 0 Å². The van der Waals surface area contributed by atoms with Gasteiger partial charge in [-0.25, -0.2) is 0 Å². The summed E-state index contributed by atoms with van der Waals surface area (Å²) < 4.78 is 5.00. The molecule has 1 rings (SSSR count). The van der Waals surface area contributed by atoms with Gasteiger partial charge in [0, 0.05) is 10.9 Å². The minimum absolute atomic E-state index is 0.356. The number of nitrogens with zero attached hydrogens (tertiary/aromatic N) is 3. The standard InChI is InChI=1S/C6H10BN3O3/c1-6(9-10-8)4(12)3(2-11)13-5(6)7/h3-5,11-12H,2H2,1H3. The van der Waals surface area contributed by atoms with Gasteiger partial charge in [0.05, 0.1) is 18.2 Å². The highest BCUT2D eigenvalue weighted by Crippen LogP contribution is 2.32. The summed E-state index contributed by atoms with van der Waals surface area (Å²) in [5.74, 6) is 0. The summed E-state index contributed by atoms with van der Waals surface area (Å²) in [6, 6.07) is -0.893. The Kier molecular flexibility index (Phi) is 2.82. The van der Waals surface area contributed by atoms with Gasteiger partial charge in [0.15, 0.2) is 0 Å². The Bertz CT molecular complexity index is 245. The average Bonchev–Trinajstić information content (AvgIpc) is 2.31. The van der Waals surface area contributed by atoms with Crippen LogP contribution in [0.15, 0.2) is 5.11 Å². The maximum absolute atomic E-state index is 9.58. The lowest BCUT2D eigenvalue weighted by Crippen LogP contribution is -2.44. The minimum atomic E-state index is -1.21. The second-order valence-electron chi connectivity index (χ2n) is 3.14. The van der Waals surface area contributed by atoms with Crippen molar-refractivity contribution in [3.05, 3.63) is 10.4 Å². The molecule has 1 aliphatic heterocycles. The maximum atomic E-state index is 9.58. The van der Waals surface area contributed by atoms with Gasteiger partial charge in [0.2, 0.25) is 0 Å². The van der Waals surface area contributed by atoms with Crippen LogP contribution in [-0.4, -0.2) is 48.4 Å². The Balaban J connectivity index is 2.91. The van der Waals surface area contributed by atoms with Crippen molar-refractivity contribution in [2.45, 2.75) is 30.7 Å². The molecule has 6 nitrogen and oxygen atoms in total. The number of azide groups is 1. The van der Waals surface area contributed by atoms with Crippen molar-refractivity contribution in [1.29, 1.82) is 0 Å². The van der Waals surface area contributed by atoms with E-state index in [1.165, 1.54) is 6.92 Å². The van der Waals surface area contributed by atoms with E-state index in [1.807, 2.05) is 0 Å². The molecule has 0 aromatic carbocycles. The Labute approximate surface area is 76.5 Å². The molecular formula is C6H10BN3O3. The molecular weight excluding hydrogens is 173 g/mol. The second kappa shape index (κ2) is 3.55.